The third-order valence-electron chi connectivity index (χ3n) is 10.6. The first-order chi connectivity index (χ1) is 16.4. The van der Waals surface area contributed by atoms with E-state index in [1.165, 1.54) is 25.7 Å². The van der Waals surface area contributed by atoms with Gasteiger partial charge in [0.05, 0.1) is 12.2 Å². The molecule has 0 aliphatic heterocycles. The number of methoxy groups -OCH3 is 1. The Hall–Kier alpha value is -0.276. The van der Waals surface area contributed by atoms with E-state index in [0.29, 0.717) is 6.42 Å². The molecule has 3 rings (SSSR count). The van der Waals surface area contributed by atoms with Crippen molar-refractivity contribution >= 4 is 22.4 Å². The Balaban J connectivity index is 1.89. The SMILES string of the molecule is CO[C@@]12CC[C@H](O[Si](C)(C)C(C)(C)C)[C@@H](/C=C/[C@H](CC3CCCC3)O[Si](C)(C)C(C)(C)C)[C@@H]1CC2=O. The molecule has 3 saturated carbocycles. The van der Waals surface area contributed by atoms with E-state index in [1.807, 2.05) is 0 Å². The van der Waals surface area contributed by atoms with Gasteiger partial charge in [0.15, 0.2) is 22.4 Å². The molecule has 0 aromatic carbocycles. The Kier molecular flexibility index (Phi) is 9.00. The van der Waals surface area contributed by atoms with Crippen molar-refractivity contribution in [1.82, 2.24) is 0 Å². The fourth-order valence-electron chi connectivity index (χ4n) is 6.06. The van der Waals surface area contributed by atoms with E-state index in [9.17, 15) is 4.79 Å². The van der Waals surface area contributed by atoms with Crippen LogP contribution < -0.4 is 0 Å². The predicted molar refractivity (Wildman–Crippen MR) is 155 cm³/mol. The number of fused-ring (bicyclic) bond motifs is 1. The van der Waals surface area contributed by atoms with Crippen LogP contribution in [0.1, 0.15) is 92.9 Å². The summed E-state index contributed by atoms with van der Waals surface area (Å²) in [7, 11) is -2.13. The van der Waals surface area contributed by atoms with Crippen LogP contribution in [-0.4, -0.2) is 47.3 Å². The summed E-state index contributed by atoms with van der Waals surface area (Å²) in [5.74, 6) is 1.44. The third kappa shape index (κ3) is 6.13. The standard InChI is InChI=1S/C30H56O4Si2/c1-28(2,3)35(8,9)33-23(20-22-14-12-13-15-22)16-17-24-25-21-27(31)30(25,32-7)19-18-26(24)34-36(10,11)29(4,5)6/h16-17,22-26H,12-15,18-21H2,1-11H3/b17-16+/t23-,24+,25+,26+,30+/m1/s1. The summed E-state index contributed by atoms with van der Waals surface area (Å²) in [6.07, 6.45) is 13.8. The van der Waals surface area contributed by atoms with Gasteiger partial charge in [-0.25, -0.2) is 0 Å². The summed E-state index contributed by atoms with van der Waals surface area (Å²) in [6.45, 7) is 23.3. The van der Waals surface area contributed by atoms with Gasteiger partial charge in [-0.1, -0.05) is 79.4 Å². The fraction of sp³-hybridized carbons (Fsp3) is 0.900. The molecule has 36 heavy (non-hydrogen) atoms. The molecule has 3 aliphatic carbocycles. The van der Waals surface area contributed by atoms with Gasteiger partial charge in [0.2, 0.25) is 0 Å². The Bertz CT molecular complexity index is 801. The molecule has 208 valence electrons. The largest absolute Gasteiger partial charge is 0.413 e. The van der Waals surface area contributed by atoms with Crippen LogP contribution >= 0.6 is 0 Å². The molecule has 3 fully saturated rings. The van der Waals surface area contributed by atoms with Crippen LogP contribution in [0.3, 0.4) is 0 Å². The van der Waals surface area contributed by atoms with Crippen molar-refractivity contribution in [1.29, 1.82) is 0 Å². The summed E-state index contributed by atoms with van der Waals surface area (Å²) in [5, 5.41) is 0.335. The molecule has 6 heteroatoms. The minimum absolute atomic E-state index is 0.136. The number of carbonyl (C=O) groups is 1. The molecule has 5 atom stereocenters. The van der Waals surface area contributed by atoms with Crippen molar-refractivity contribution < 1.29 is 18.4 Å². The van der Waals surface area contributed by atoms with Crippen molar-refractivity contribution in [2.45, 2.75) is 147 Å². The molecule has 3 aliphatic rings. The Morgan fingerprint density at radius 2 is 1.56 bits per heavy atom. The second-order valence-corrected chi connectivity index (χ2v) is 24.6. The second kappa shape index (κ2) is 10.7. The molecular weight excluding hydrogens is 480 g/mol. The van der Waals surface area contributed by atoms with Gasteiger partial charge >= 0.3 is 0 Å². The summed E-state index contributed by atoms with van der Waals surface area (Å²) in [4.78, 5) is 12.8. The molecule has 0 heterocycles. The highest BCUT2D eigenvalue weighted by atomic mass is 28.4. The van der Waals surface area contributed by atoms with E-state index in [-0.39, 0.29) is 39.9 Å². The number of carbonyl (C=O) groups excluding carboxylic acids is 1. The maximum atomic E-state index is 12.8. The molecule has 0 N–H and O–H groups in total. The van der Waals surface area contributed by atoms with Gasteiger partial charge in [0, 0.05) is 25.4 Å². The van der Waals surface area contributed by atoms with Gasteiger partial charge in [-0.3, -0.25) is 4.79 Å². The minimum atomic E-state index is -1.95. The van der Waals surface area contributed by atoms with Crippen molar-refractivity contribution in [2.24, 2.45) is 17.8 Å². The first-order valence-electron chi connectivity index (χ1n) is 14.6. The van der Waals surface area contributed by atoms with Crippen molar-refractivity contribution in [3.8, 4) is 0 Å². The average molecular weight is 537 g/mol. The molecule has 0 spiro atoms. The summed E-state index contributed by atoms with van der Waals surface area (Å²) in [5.41, 5.74) is -0.608. The summed E-state index contributed by atoms with van der Waals surface area (Å²) < 4.78 is 20.0. The van der Waals surface area contributed by atoms with Crippen LogP contribution in [0, 0.1) is 17.8 Å². The molecule has 0 radical (unpaired) electrons. The Labute approximate surface area is 224 Å². The first-order valence-corrected chi connectivity index (χ1v) is 20.4. The number of hydrogen-bond acceptors (Lipinski definition) is 4. The maximum absolute atomic E-state index is 12.8. The molecule has 0 aromatic rings. The number of hydrogen-bond donors (Lipinski definition) is 0. The molecule has 0 bridgehead atoms. The van der Waals surface area contributed by atoms with Crippen LogP contribution in [0.15, 0.2) is 12.2 Å². The minimum Gasteiger partial charge on any atom is -0.413 e. The number of rotatable bonds is 9. The summed E-state index contributed by atoms with van der Waals surface area (Å²) >= 11 is 0. The van der Waals surface area contributed by atoms with Crippen molar-refractivity contribution in [3.05, 3.63) is 12.2 Å². The van der Waals surface area contributed by atoms with Gasteiger partial charge in [0.25, 0.3) is 0 Å². The quantitative estimate of drug-likeness (QED) is 0.220. The Morgan fingerprint density at radius 1 is 0.972 bits per heavy atom. The van der Waals surface area contributed by atoms with Crippen LogP contribution in [0.2, 0.25) is 36.3 Å². The van der Waals surface area contributed by atoms with Gasteiger partial charge in [0.1, 0.15) is 5.60 Å². The van der Waals surface area contributed by atoms with Gasteiger partial charge in [-0.15, -0.1) is 0 Å². The third-order valence-corrected chi connectivity index (χ3v) is 19.6. The lowest BCUT2D eigenvalue weighted by molar-refractivity contribution is -0.190. The van der Waals surface area contributed by atoms with E-state index < -0.39 is 22.2 Å². The van der Waals surface area contributed by atoms with Crippen molar-refractivity contribution in [2.75, 3.05) is 7.11 Å². The highest BCUT2D eigenvalue weighted by Crippen LogP contribution is 2.53. The summed E-state index contributed by atoms with van der Waals surface area (Å²) in [6, 6.07) is 0. The number of ketones is 1. The topological polar surface area (TPSA) is 44.8 Å². The zero-order valence-electron chi connectivity index (χ0n) is 25.3. The zero-order valence-corrected chi connectivity index (χ0v) is 27.3. The maximum Gasteiger partial charge on any atom is 0.192 e. The zero-order chi connectivity index (χ0) is 27.2. The molecule has 0 amide bonds. The first kappa shape index (κ1) is 30.3. The van der Waals surface area contributed by atoms with Crippen LogP contribution in [0.4, 0.5) is 0 Å². The lowest BCUT2D eigenvalue weighted by Gasteiger charge is -2.56. The van der Waals surface area contributed by atoms with E-state index >= 15 is 0 Å². The fourth-order valence-corrected chi connectivity index (χ4v) is 8.73. The van der Waals surface area contributed by atoms with Crippen LogP contribution in [-0.2, 0) is 18.4 Å². The normalized spacial score (nSPS) is 31.5. The smallest absolute Gasteiger partial charge is 0.192 e. The monoisotopic (exact) mass is 536 g/mol. The van der Waals surface area contributed by atoms with Gasteiger partial charge < -0.3 is 13.6 Å². The van der Waals surface area contributed by atoms with E-state index in [4.69, 9.17) is 13.6 Å². The highest BCUT2D eigenvalue weighted by molar-refractivity contribution is 6.74. The second-order valence-electron chi connectivity index (χ2n) is 15.0. The lowest BCUT2D eigenvalue weighted by atomic mass is 9.55. The molecule has 0 aromatic heterocycles. The lowest BCUT2D eigenvalue weighted by Crippen LogP contribution is -2.65. The van der Waals surface area contributed by atoms with Crippen LogP contribution in [0.25, 0.3) is 0 Å². The number of ether oxygens (including phenoxy) is 1. The predicted octanol–water partition coefficient (Wildman–Crippen LogP) is 8.29. The van der Waals surface area contributed by atoms with E-state index in [0.717, 1.165) is 25.2 Å². The highest BCUT2D eigenvalue weighted by Gasteiger charge is 2.62. The van der Waals surface area contributed by atoms with Crippen LogP contribution in [0.5, 0.6) is 0 Å². The Morgan fingerprint density at radius 3 is 2.06 bits per heavy atom. The molecule has 0 unspecified atom stereocenters. The van der Waals surface area contributed by atoms with Gasteiger partial charge in [-0.05, 0) is 61.4 Å². The molecule has 4 nitrogen and oxygen atoms in total. The van der Waals surface area contributed by atoms with E-state index in [2.05, 4.69) is 79.9 Å². The number of Topliss-reactive ketones (excluding diaryl/α,β-unsaturated/α-hetero) is 1. The molecule has 0 saturated heterocycles. The average Bonchev–Trinajstić information content (AvgIpc) is 3.23. The van der Waals surface area contributed by atoms with Gasteiger partial charge in [-0.2, -0.15) is 0 Å². The van der Waals surface area contributed by atoms with E-state index in [1.54, 1.807) is 7.11 Å². The molecular formula is C30H56O4Si2. The van der Waals surface area contributed by atoms with Crippen molar-refractivity contribution in [3.63, 3.8) is 0 Å².